The zero-order valence-corrected chi connectivity index (χ0v) is 11.3. The maximum Gasteiger partial charge on any atom is 0.103 e. The predicted molar refractivity (Wildman–Crippen MR) is 72.5 cm³/mol. The van der Waals surface area contributed by atoms with E-state index in [9.17, 15) is 5.11 Å². The van der Waals surface area contributed by atoms with Crippen molar-refractivity contribution < 1.29 is 9.52 Å². The smallest absolute Gasteiger partial charge is 0.103 e. The third-order valence-corrected chi connectivity index (χ3v) is 3.97. The molecule has 0 radical (unpaired) electrons. The van der Waals surface area contributed by atoms with Crippen LogP contribution in [0.15, 0.2) is 22.8 Å². The molecule has 102 valence electrons. The Morgan fingerprint density at radius 3 is 2.83 bits per heavy atom. The van der Waals surface area contributed by atoms with E-state index in [2.05, 4.69) is 12.2 Å². The summed E-state index contributed by atoms with van der Waals surface area (Å²) in [7, 11) is 0. The summed E-state index contributed by atoms with van der Waals surface area (Å²) in [4.78, 5) is 0. The molecule has 1 atom stereocenters. The van der Waals surface area contributed by atoms with Crippen molar-refractivity contribution in [2.75, 3.05) is 6.54 Å². The van der Waals surface area contributed by atoms with E-state index < -0.39 is 5.60 Å². The molecule has 3 heteroatoms. The van der Waals surface area contributed by atoms with E-state index >= 15 is 0 Å². The Labute approximate surface area is 110 Å². The fraction of sp³-hybridized carbons (Fsp3) is 0.733. The lowest BCUT2D eigenvalue weighted by Gasteiger charge is -2.33. The average Bonchev–Trinajstić information content (AvgIpc) is 2.88. The van der Waals surface area contributed by atoms with Gasteiger partial charge in [-0.25, -0.2) is 0 Å². The molecular formula is C15H25NO2. The molecule has 1 heterocycles. The molecule has 1 aromatic heterocycles. The molecule has 1 aromatic rings. The van der Waals surface area contributed by atoms with Gasteiger partial charge >= 0.3 is 0 Å². The number of aryl methyl sites for hydroxylation is 1. The lowest BCUT2D eigenvalue weighted by molar-refractivity contribution is 0.00286. The lowest BCUT2D eigenvalue weighted by atomic mass is 9.84. The standard InChI is InChI=1S/C15H25NO2/c1-13(7-8-14-6-5-11-18-14)16-12-15(17)9-3-2-4-10-15/h5-6,11,13,16-17H,2-4,7-10,12H2,1H3. The second kappa shape index (κ2) is 6.39. The van der Waals surface area contributed by atoms with Crippen molar-refractivity contribution in [1.29, 1.82) is 0 Å². The molecule has 2 N–H and O–H groups in total. The van der Waals surface area contributed by atoms with E-state index in [1.54, 1.807) is 6.26 Å². The van der Waals surface area contributed by atoms with Gasteiger partial charge in [0.15, 0.2) is 0 Å². The van der Waals surface area contributed by atoms with E-state index in [4.69, 9.17) is 4.42 Å². The summed E-state index contributed by atoms with van der Waals surface area (Å²) in [6.45, 7) is 2.90. The van der Waals surface area contributed by atoms with Crippen LogP contribution in [0.3, 0.4) is 0 Å². The van der Waals surface area contributed by atoms with Crippen LogP contribution in [0, 0.1) is 0 Å². The Kier molecular flexibility index (Phi) is 4.84. The van der Waals surface area contributed by atoms with Crippen molar-refractivity contribution in [3.63, 3.8) is 0 Å². The van der Waals surface area contributed by atoms with E-state index in [1.165, 1.54) is 19.3 Å². The van der Waals surface area contributed by atoms with Gasteiger partial charge in [-0.3, -0.25) is 0 Å². The van der Waals surface area contributed by atoms with Crippen LogP contribution in [0.1, 0.15) is 51.2 Å². The maximum atomic E-state index is 10.4. The van der Waals surface area contributed by atoms with Gasteiger partial charge in [-0.15, -0.1) is 0 Å². The van der Waals surface area contributed by atoms with Crippen molar-refractivity contribution in [2.24, 2.45) is 0 Å². The lowest BCUT2D eigenvalue weighted by Crippen LogP contribution is -2.45. The first-order valence-electron chi connectivity index (χ1n) is 7.16. The van der Waals surface area contributed by atoms with Gasteiger partial charge in [0.25, 0.3) is 0 Å². The third-order valence-electron chi connectivity index (χ3n) is 3.97. The van der Waals surface area contributed by atoms with Crippen LogP contribution in [-0.2, 0) is 6.42 Å². The molecule has 0 aliphatic heterocycles. The normalized spacial score (nSPS) is 20.8. The van der Waals surface area contributed by atoms with Crippen molar-refractivity contribution >= 4 is 0 Å². The first-order chi connectivity index (χ1) is 8.68. The van der Waals surface area contributed by atoms with Gasteiger partial charge in [0.05, 0.1) is 11.9 Å². The largest absolute Gasteiger partial charge is 0.469 e. The third kappa shape index (κ3) is 4.14. The Balaban J connectivity index is 1.66. The Morgan fingerprint density at radius 2 is 2.17 bits per heavy atom. The molecule has 0 spiro atoms. The molecule has 2 rings (SSSR count). The van der Waals surface area contributed by atoms with Crippen molar-refractivity contribution in [3.05, 3.63) is 24.2 Å². The van der Waals surface area contributed by atoms with Crippen molar-refractivity contribution in [3.8, 4) is 0 Å². The number of furan rings is 1. The van der Waals surface area contributed by atoms with Gasteiger partial charge in [0.2, 0.25) is 0 Å². The van der Waals surface area contributed by atoms with Crippen LogP contribution in [0.5, 0.6) is 0 Å². The molecule has 1 fully saturated rings. The summed E-state index contributed by atoms with van der Waals surface area (Å²) in [6, 6.07) is 4.36. The molecule has 0 bridgehead atoms. The minimum atomic E-state index is -0.461. The highest BCUT2D eigenvalue weighted by Gasteiger charge is 2.28. The summed E-state index contributed by atoms with van der Waals surface area (Å²) >= 11 is 0. The van der Waals surface area contributed by atoms with Gasteiger partial charge in [-0.1, -0.05) is 19.3 Å². The molecule has 1 aliphatic rings. The fourth-order valence-corrected chi connectivity index (χ4v) is 2.67. The van der Waals surface area contributed by atoms with Crippen LogP contribution in [0.25, 0.3) is 0 Å². The molecule has 18 heavy (non-hydrogen) atoms. The van der Waals surface area contributed by atoms with Crippen LogP contribution in [0.4, 0.5) is 0 Å². The second-order valence-corrected chi connectivity index (χ2v) is 5.68. The molecule has 0 aromatic carbocycles. The maximum absolute atomic E-state index is 10.4. The fourth-order valence-electron chi connectivity index (χ4n) is 2.67. The monoisotopic (exact) mass is 251 g/mol. The second-order valence-electron chi connectivity index (χ2n) is 5.68. The van der Waals surface area contributed by atoms with Crippen LogP contribution >= 0.6 is 0 Å². The first-order valence-corrected chi connectivity index (χ1v) is 7.16. The van der Waals surface area contributed by atoms with Crippen LogP contribution in [0.2, 0.25) is 0 Å². The summed E-state index contributed by atoms with van der Waals surface area (Å²) < 4.78 is 5.32. The zero-order valence-electron chi connectivity index (χ0n) is 11.3. The number of aliphatic hydroxyl groups is 1. The SMILES string of the molecule is CC(CCc1ccco1)NCC1(O)CCCCC1. The summed E-state index contributed by atoms with van der Waals surface area (Å²) in [5.74, 6) is 1.04. The Morgan fingerprint density at radius 1 is 1.39 bits per heavy atom. The zero-order chi connectivity index (χ0) is 12.8. The average molecular weight is 251 g/mol. The Hall–Kier alpha value is -0.800. The minimum absolute atomic E-state index is 0.418. The quantitative estimate of drug-likeness (QED) is 0.817. The highest BCUT2D eigenvalue weighted by molar-refractivity contribution is 4.98. The highest BCUT2D eigenvalue weighted by Crippen LogP contribution is 2.27. The van der Waals surface area contributed by atoms with E-state index in [0.29, 0.717) is 6.04 Å². The van der Waals surface area contributed by atoms with Crippen molar-refractivity contribution in [1.82, 2.24) is 5.32 Å². The van der Waals surface area contributed by atoms with Crippen LogP contribution < -0.4 is 5.32 Å². The molecule has 1 saturated carbocycles. The number of hydrogen-bond donors (Lipinski definition) is 2. The van der Waals surface area contributed by atoms with E-state index in [-0.39, 0.29) is 0 Å². The first kappa shape index (κ1) is 13.6. The topological polar surface area (TPSA) is 45.4 Å². The van der Waals surface area contributed by atoms with Gasteiger partial charge in [0, 0.05) is 19.0 Å². The van der Waals surface area contributed by atoms with Crippen molar-refractivity contribution in [2.45, 2.75) is 63.5 Å². The Bertz CT molecular complexity index is 328. The number of rotatable bonds is 6. The van der Waals surface area contributed by atoms with Gasteiger partial charge in [0.1, 0.15) is 5.76 Å². The predicted octanol–water partition coefficient (Wildman–Crippen LogP) is 2.89. The summed E-state index contributed by atoms with van der Waals surface area (Å²) in [5, 5.41) is 13.9. The van der Waals surface area contributed by atoms with Gasteiger partial charge in [-0.05, 0) is 38.3 Å². The molecule has 0 amide bonds. The van der Waals surface area contributed by atoms with Gasteiger partial charge < -0.3 is 14.8 Å². The minimum Gasteiger partial charge on any atom is -0.469 e. The van der Waals surface area contributed by atoms with E-state index in [0.717, 1.165) is 38.0 Å². The number of nitrogens with one attached hydrogen (secondary N) is 1. The molecule has 3 nitrogen and oxygen atoms in total. The molecule has 1 unspecified atom stereocenters. The van der Waals surface area contributed by atoms with Gasteiger partial charge in [-0.2, -0.15) is 0 Å². The van der Waals surface area contributed by atoms with Crippen LogP contribution in [-0.4, -0.2) is 23.3 Å². The number of hydrogen-bond acceptors (Lipinski definition) is 3. The molecule has 1 aliphatic carbocycles. The summed E-state index contributed by atoms with van der Waals surface area (Å²) in [5.41, 5.74) is -0.461. The highest BCUT2D eigenvalue weighted by atomic mass is 16.3. The summed E-state index contributed by atoms with van der Waals surface area (Å²) in [6.07, 6.45) is 9.23. The molecular weight excluding hydrogens is 226 g/mol. The molecule has 0 saturated heterocycles. The van der Waals surface area contributed by atoms with E-state index in [1.807, 2.05) is 12.1 Å².